The maximum atomic E-state index is 14.9. The van der Waals surface area contributed by atoms with Crippen molar-refractivity contribution in [1.82, 2.24) is 4.98 Å². The van der Waals surface area contributed by atoms with Gasteiger partial charge in [-0.15, -0.1) is 0 Å². The molecule has 3 rings (SSSR count). The zero-order valence-electron chi connectivity index (χ0n) is 16.4. The number of hydrogen-bond donors (Lipinski definition) is 2. The third-order valence-electron chi connectivity index (χ3n) is 4.50. The van der Waals surface area contributed by atoms with Gasteiger partial charge < -0.3 is 20.5 Å². The summed E-state index contributed by atoms with van der Waals surface area (Å²) in [5.74, 6) is -5.73. The monoisotopic (exact) mass is 435 g/mol. The smallest absolute Gasteiger partial charge is 0.340 e. The molecule has 1 heterocycles. The van der Waals surface area contributed by atoms with Gasteiger partial charge in [0.1, 0.15) is 11.6 Å². The van der Waals surface area contributed by atoms with E-state index in [-0.39, 0.29) is 22.6 Å². The standard InChI is InChI=1S/C21H17F4N3O3/c1-30-12-3-4-15(14(22)9-12)28-19-13(21(29)31-2)8-11(16(23)18(19)25)7-10-5-6-27-20(26)17(10)24/h3-6,8-9,28H,7H2,1-2H3,(H2,26,27). The summed E-state index contributed by atoms with van der Waals surface area (Å²) in [4.78, 5) is 15.8. The summed E-state index contributed by atoms with van der Waals surface area (Å²) in [5, 5.41) is 2.38. The van der Waals surface area contributed by atoms with Crippen LogP contribution >= 0.6 is 0 Å². The van der Waals surface area contributed by atoms with Crippen LogP contribution in [0.3, 0.4) is 0 Å². The lowest BCUT2D eigenvalue weighted by molar-refractivity contribution is 0.0601. The number of esters is 1. The Morgan fingerprint density at radius 3 is 2.42 bits per heavy atom. The number of ether oxygens (including phenoxy) is 2. The van der Waals surface area contributed by atoms with Crippen LogP contribution in [0.25, 0.3) is 0 Å². The van der Waals surface area contributed by atoms with Crippen LogP contribution in [0, 0.1) is 23.3 Å². The average Bonchev–Trinajstić information content (AvgIpc) is 2.76. The lowest BCUT2D eigenvalue weighted by Crippen LogP contribution is -2.12. The fourth-order valence-electron chi connectivity index (χ4n) is 2.90. The van der Waals surface area contributed by atoms with Crippen molar-refractivity contribution in [2.75, 3.05) is 25.3 Å². The summed E-state index contributed by atoms with van der Waals surface area (Å²) < 4.78 is 67.7. The van der Waals surface area contributed by atoms with Crippen molar-refractivity contribution in [2.45, 2.75) is 6.42 Å². The first kappa shape index (κ1) is 21.9. The molecule has 0 amide bonds. The van der Waals surface area contributed by atoms with Gasteiger partial charge in [-0.05, 0) is 35.4 Å². The Balaban J connectivity index is 2.09. The first-order chi connectivity index (χ1) is 14.8. The van der Waals surface area contributed by atoms with Gasteiger partial charge in [-0.3, -0.25) is 0 Å². The number of hydrogen-bond acceptors (Lipinski definition) is 6. The molecule has 0 aliphatic rings. The number of nitrogen functional groups attached to an aromatic ring is 1. The van der Waals surface area contributed by atoms with Crippen molar-refractivity contribution in [3.05, 3.63) is 76.5 Å². The van der Waals surface area contributed by atoms with Crippen molar-refractivity contribution >= 4 is 23.2 Å². The molecule has 0 spiro atoms. The maximum absolute atomic E-state index is 14.9. The second kappa shape index (κ2) is 8.90. The fraction of sp³-hybridized carbons (Fsp3) is 0.143. The Hall–Kier alpha value is -3.82. The van der Waals surface area contributed by atoms with Crippen molar-refractivity contribution < 1.29 is 31.8 Å². The molecule has 0 fully saturated rings. The highest BCUT2D eigenvalue weighted by atomic mass is 19.2. The largest absolute Gasteiger partial charge is 0.497 e. The zero-order chi connectivity index (χ0) is 22.7. The van der Waals surface area contributed by atoms with Gasteiger partial charge in [0.2, 0.25) is 0 Å². The molecule has 1 aromatic heterocycles. The number of nitrogens with one attached hydrogen (secondary N) is 1. The molecule has 3 aromatic rings. The first-order valence-corrected chi connectivity index (χ1v) is 8.85. The fourth-order valence-corrected chi connectivity index (χ4v) is 2.90. The molecule has 0 aliphatic carbocycles. The third-order valence-corrected chi connectivity index (χ3v) is 4.50. The molecule has 0 radical (unpaired) electrons. The topological polar surface area (TPSA) is 86.5 Å². The molecule has 162 valence electrons. The van der Waals surface area contributed by atoms with E-state index in [1.807, 2.05) is 0 Å². The Kier molecular flexibility index (Phi) is 6.28. The predicted octanol–water partition coefficient (Wildman–Crippen LogP) is 4.35. The Morgan fingerprint density at radius 1 is 1.03 bits per heavy atom. The van der Waals surface area contributed by atoms with E-state index in [0.29, 0.717) is 0 Å². The summed E-state index contributed by atoms with van der Waals surface area (Å²) in [6.07, 6.45) is 0.800. The van der Waals surface area contributed by atoms with Gasteiger partial charge in [0.25, 0.3) is 0 Å². The second-order valence-corrected chi connectivity index (χ2v) is 6.39. The number of nitrogens with zero attached hydrogens (tertiary/aromatic N) is 1. The van der Waals surface area contributed by atoms with Crippen LogP contribution in [0.5, 0.6) is 5.75 Å². The number of carbonyl (C=O) groups is 1. The summed E-state index contributed by atoms with van der Waals surface area (Å²) in [5.41, 5.74) is 3.75. The lowest BCUT2D eigenvalue weighted by atomic mass is 10.00. The van der Waals surface area contributed by atoms with E-state index in [1.54, 1.807) is 0 Å². The molecular weight excluding hydrogens is 418 g/mol. The molecule has 0 unspecified atom stereocenters. The minimum absolute atomic E-state index is 0.0523. The molecule has 0 atom stereocenters. The summed E-state index contributed by atoms with van der Waals surface area (Å²) in [6, 6.07) is 5.90. The molecule has 3 N–H and O–H groups in total. The highest BCUT2D eigenvalue weighted by molar-refractivity contribution is 5.97. The highest BCUT2D eigenvalue weighted by Gasteiger charge is 2.25. The quantitative estimate of drug-likeness (QED) is 0.442. The zero-order valence-corrected chi connectivity index (χ0v) is 16.4. The van der Waals surface area contributed by atoms with Gasteiger partial charge in [0.05, 0.1) is 31.2 Å². The van der Waals surface area contributed by atoms with Gasteiger partial charge in [-0.1, -0.05) is 0 Å². The molecular formula is C21H17F4N3O3. The van der Waals surface area contributed by atoms with Crippen LogP contribution < -0.4 is 15.8 Å². The van der Waals surface area contributed by atoms with Crippen molar-refractivity contribution in [3.63, 3.8) is 0 Å². The second-order valence-electron chi connectivity index (χ2n) is 6.39. The number of rotatable bonds is 6. The number of nitrogens with two attached hydrogens (primary N) is 1. The maximum Gasteiger partial charge on any atom is 0.340 e. The Morgan fingerprint density at radius 2 is 1.77 bits per heavy atom. The van der Waals surface area contributed by atoms with Crippen molar-refractivity contribution in [1.29, 1.82) is 0 Å². The normalized spacial score (nSPS) is 10.6. The molecule has 10 heteroatoms. The van der Waals surface area contributed by atoms with Crippen LogP contribution in [0.4, 0.5) is 34.8 Å². The lowest BCUT2D eigenvalue weighted by Gasteiger charge is -2.16. The molecule has 0 aliphatic heterocycles. The van der Waals surface area contributed by atoms with E-state index >= 15 is 0 Å². The number of methoxy groups -OCH3 is 2. The van der Waals surface area contributed by atoms with Crippen LogP contribution in [-0.4, -0.2) is 25.2 Å². The van der Waals surface area contributed by atoms with E-state index in [9.17, 15) is 22.4 Å². The van der Waals surface area contributed by atoms with E-state index in [4.69, 9.17) is 10.5 Å². The van der Waals surface area contributed by atoms with E-state index in [1.165, 1.54) is 31.5 Å². The molecule has 6 nitrogen and oxygen atoms in total. The summed E-state index contributed by atoms with van der Waals surface area (Å²) in [7, 11) is 2.38. The Bertz CT molecular complexity index is 1160. The van der Waals surface area contributed by atoms with Crippen LogP contribution in [0.15, 0.2) is 36.5 Å². The van der Waals surface area contributed by atoms with E-state index in [0.717, 1.165) is 19.2 Å². The predicted molar refractivity (Wildman–Crippen MR) is 105 cm³/mol. The first-order valence-electron chi connectivity index (χ1n) is 8.85. The number of pyridine rings is 1. The highest BCUT2D eigenvalue weighted by Crippen LogP contribution is 2.32. The SMILES string of the molecule is COC(=O)c1cc(Cc2ccnc(N)c2F)c(F)c(F)c1Nc1ccc(OC)cc1F. The molecule has 31 heavy (non-hydrogen) atoms. The van der Waals surface area contributed by atoms with Crippen molar-refractivity contribution in [2.24, 2.45) is 0 Å². The number of anilines is 3. The van der Waals surface area contributed by atoms with Gasteiger partial charge >= 0.3 is 5.97 Å². The van der Waals surface area contributed by atoms with Gasteiger partial charge in [-0.2, -0.15) is 0 Å². The summed E-state index contributed by atoms with van der Waals surface area (Å²) in [6.45, 7) is 0. The number of halogens is 4. The minimum Gasteiger partial charge on any atom is -0.497 e. The molecule has 0 saturated heterocycles. The van der Waals surface area contributed by atoms with Crippen molar-refractivity contribution in [3.8, 4) is 5.75 Å². The van der Waals surface area contributed by atoms with E-state index in [2.05, 4.69) is 15.0 Å². The average molecular weight is 435 g/mol. The third kappa shape index (κ3) is 4.37. The van der Waals surface area contributed by atoms with Gasteiger partial charge in [0, 0.05) is 18.7 Å². The molecule has 0 saturated carbocycles. The Labute approximate surface area is 174 Å². The van der Waals surface area contributed by atoms with Crippen LogP contribution in [0.1, 0.15) is 21.5 Å². The number of benzene rings is 2. The number of aromatic nitrogens is 1. The van der Waals surface area contributed by atoms with Gasteiger partial charge in [-0.25, -0.2) is 27.3 Å². The summed E-state index contributed by atoms with van der Waals surface area (Å²) >= 11 is 0. The van der Waals surface area contributed by atoms with Crippen LogP contribution in [0.2, 0.25) is 0 Å². The minimum atomic E-state index is -1.46. The van der Waals surface area contributed by atoms with Crippen LogP contribution in [-0.2, 0) is 11.2 Å². The number of carbonyl (C=O) groups excluding carboxylic acids is 1. The molecule has 2 aromatic carbocycles. The van der Waals surface area contributed by atoms with E-state index < -0.39 is 52.7 Å². The van der Waals surface area contributed by atoms with Gasteiger partial charge in [0.15, 0.2) is 23.3 Å². The molecule has 0 bridgehead atoms.